The van der Waals surface area contributed by atoms with Crippen molar-refractivity contribution in [2.24, 2.45) is 10.5 Å². The highest BCUT2D eigenvalue weighted by molar-refractivity contribution is 7.98. The van der Waals surface area contributed by atoms with Gasteiger partial charge in [0.2, 0.25) is 5.91 Å². The van der Waals surface area contributed by atoms with Crippen molar-refractivity contribution in [2.75, 3.05) is 30.4 Å². The van der Waals surface area contributed by atoms with E-state index in [1.807, 2.05) is 13.2 Å². The summed E-state index contributed by atoms with van der Waals surface area (Å²) in [6, 6.07) is 8.54. The number of ether oxygens (including phenoxy) is 1. The van der Waals surface area contributed by atoms with E-state index in [2.05, 4.69) is 15.2 Å². The normalized spacial score (nSPS) is 18.1. The van der Waals surface area contributed by atoms with Gasteiger partial charge in [-0.05, 0) is 54.7 Å². The molecule has 0 aromatic heterocycles. The van der Waals surface area contributed by atoms with Crippen LogP contribution in [0.4, 0.5) is 32.0 Å². The van der Waals surface area contributed by atoms with Crippen molar-refractivity contribution in [3.8, 4) is 5.75 Å². The number of amides is 1. The van der Waals surface area contributed by atoms with Crippen molar-refractivity contribution < 1.29 is 35.9 Å². The average Bonchev–Trinajstić information content (AvgIpc) is 3.09. The number of hydrogen-bond acceptors (Lipinski definition) is 5. The molecule has 1 heterocycles. The van der Waals surface area contributed by atoms with Crippen LogP contribution in [0.5, 0.6) is 5.75 Å². The van der Waals surface area contributed by atoms with Crippen LogP contribution in [0.25, 0.3) is 0 Å². The van der Waals surface area contributed by atoms with Crippen molar-refractivity contribution in [3.05, 3.63) is 58.6 Å². The number of para-hydroxylation sites is 2. The first-order valence-corrected chi connectivity index (χ1v) is 12.8. The third-order valence-corrected chi connectivity index (χ3v) is 6.69. The number of rotatable bonds is 9. The maximum Gasteiger partial charge on any atom is 0.573 e. The number of halogens is 7. The van der Waals surface area contributed by atoms with Crippen LogP contribution in [0.2, 0.25) is 5.02 Å². The van der Waals surface area contributed by atoms with Gasteiger partial charge in [0.05, 0.1) is 22.0 Å². The maximum absolute atomic E-state index is 13.2. The Kier molecular flexibility index (Phi) is 8.94. The summed E-state index contributed by atoms with van der Waals surface area (Å²) in [5.41, 5.74) is -0.840. The minimum absolute atomic E-state index is 0.162. The lowest BCUT2D eigenvalue weighted by molar-refractivity contribution is -0.274. The molecule has 3 rings (SSSR count). The van der Waals surface area contributed by atoms with E-state index in [1.165, 1.54) is 35.3 Å². The van der Waals surface area contributed by atoms with E-state index in [0.717, 1.165) is 24.3 Å². The molecule has 1 N–H and O–H groups in total. The quantitative estimate of drug-likeness (QED) is 0.260. The van der Waals surface area contributed by atoms with Crippen LogP contribution in [0.15, 0.2) is 47.6 Å². The molecule has 1 amide bonds. The molecule has 2 aromatic rings. The van der Waals surface area contributed by atoms with E-state index in [9.17, 15) is 31.1 Å². The van der Waals surface area contributed by atoms with E-state index in [0.29, 0.717) is 17.7 Å². The number of thioether (sulfide) groups is 1. The number of carbonyl (C=O) groups is 1. The summed E-state index contributed by atoms with van der Waals surface area (Å²) in [7, 11) is 0. The Morgan fingerprint density at radius 3 is 2.51 bits per heavy atom. The monoisotopic (exact) mass is 567 g/mol. The summed E-state index contributed by atoms with van der Waals surface area (Å²) < 4.78 is 81.6. The third-order valence-electron chi connectivity index (χ3n) is 5.68. The van der Waals surface area contributed by atoms with Crippen LogP contribution >= 0.6 is 23.4 Å². The van der Waals surface area contributed by atoms with Crippen LogP contribution in [0, 0.1) is 5.41 Å². The number of anilines is 1. The zero-order valence-electron chi connectivity index (χ0n) is 19.8. The van der Waals surface area contributed by atoms with Gasteiger partial charge in [-0.2, -0.15) is 30.0 Å². The van der Waals surface area contributed by atoms with Crippen LogP contribution in [-0.2, 0) is 11.0 Å². The van der Waals surface area contributed by atoms with Gasteiger partial charge in [0.15, 0.2) is 5.75 Å². The molecular formula is C24H24ClF6N3O2S. The number of hydrazone groups is 1. The molecule has 13 heteroatoms. The van der Waals surface area contributed by atoms with Gasteiger partial charge in [-0.3, -0.25) is 9.80 Å². The number of carbonyl (C=O) groups excluding carboxylic acids is 1. The lowest BCUT2D eigenvalue weighted by atomic mass is 9.78. The van der Waals surface area contributed by atoms with Gasteiger partial charge >= 0.3 is 12.5 Å². The van der Waals surface area contributed by atoms with E-state index >= 15 is 0 Å². The summed E-state index contributed by atoms with van der Waals surface area (Å²) >= 11 is 7.59. The molecule has 202 valence electrons. The summed E-state index contributed by atoms with van der Waals surface area (Å²) in [6.45, 7) is 1.89. The van der Waals surface area contributed by atoms with Gasteiger partial charge in [0, 0.05) is 12.0 Å². The molecule has 0 bridgehead atoms. The topological polar surface area (TPSA) is 53.9 Å². The Morgan fingerprint density at radius 1 is 1.19 bits per heavy atom. The highest BCUT2D eigenvalue weighted by Crippen LogP contribution is 2.39. The first kappa shape index (κ1) is 29.0. The SMILES string of the molecule is CSCCCC1(C)CN(CC(=O)Nc2ccccc2OC(F)(F)F)N=C1c1ccc(C(F)(F)F)c(Cl)c1. The molecule has 0 fully saturated rings. The van der Waals surface area contributed by atoms with Crippen molar-refractivity contribution >= 4 is 40.7 Å². The predicted molar refractivity (Wildman–Crippen MR) is 132 cm³/mol. The summed E-state index contributed by atoms with van der Waals surface area (Å²) in [5.74, 6) is -0.344. The highest BCUT2D eigenvalue weighted by atomic mass is 35.5. The number of nitrogens with one attached hydrogen (secondary N) is 1. The minimum Gasteiger partial charge on any atom is -0.404 e. The molecule has 2 aromatic carbocycles. The molecule has 1 aliphatic heterocycles. The molecule has 37 heavy (non-hydrogen) atoms. The second-order valence-electron chi connectivity index (χ2n) is 8.71. The van der Waals surface area contributed by atoms with E-state index < -0.39 is 40.2 Å². The number of hydrogen-bond donors (Lipinski definition) is 1. The van der Waals surface area contributed by atoms with Gasteiger partial charge in [-0.1, -0.05) is 36.7 Å². The fourth-order valence-corrected chi connectivity index (χ4v) is 4.83. The fourth-order valence-electron chi connectivity index (χ4n) is 4.11. The van der Waals surface area contributed by atoms with Gasteiger partial charge in [-0.25, -0.2) is 0 Å². The molecular weight excluding hydrogens is 544 g/mol. The van der Waals surface area contributed by atoms with Gasteiger partial charge in [-0.15, -0.1) is 13.2 Å². The average molecular weight is 568 g/mol. The van der Waals surface area contributed by atoms with Crippen molar-refractivity contribution in [3.63, 3.8) is 0 Å². The van der Waals surface area contributed by atoms with E-state index in [4.69, 9.17) is 11.6 Å². The Balaban J connectivity index is 1.83. The van der Waals surface area contributed by atoms with Crippen LogP contribution in [-0.4, -0.2) is 48.1 Å². The van der Waals surface area contributed by atoms with Crippen LogP contribution in [0.3, 0.4) is 0 Å². The Morgan fingerprint density at radius 2 is 1.89 bits per heavy atom. The first-order valence-electron chi connectivity index (χ1n) is 11.1. The highest BCUT2D eigenvalue weighted by Gasteiger charge is 2.40. The predicted octanol–water partition coefficient (Wildman–Crippen LogP) is 7.07. The van der Waals surface area contributed by atoms with Crippen molar-refractivity contribution in [2.45, 2.75) is 32.3 Å². The smallest absolute Gasteiger partial charge is 0.404 e. The van der Waals surface area contributed by atoms with Crippen LogP contribution < -0.4 is 10.1 Å². The summed E-state index contributed by atoms with van der Waals surface area (Å²) in [5, 5.41) is 7.91. The molecule has 0 radical (unpaired) electrons. The molecule has 5 nitrogen and oxygen atoms in total. The first-order chi connectivity index (χ1) is 17.2. The standard InChI is InChI=1S/C24H24ClF6N3O2S/c1-22(10-5-11-37-2)14-34(33-21(22)15-8-9-16(17(25)12-15)23(26,27)28)13-20(35)32-18-6-3-4-7-19(18)36-24(29,30)31/h3-4,6-9,12H,5,10-11,13-14H2,1-2H3,(H,32,35). The molecule has 1 aliphatic rings. The molecule has 0 spiro atoms. The fraction of sp³-hybridized carbons (Fsp3) is 0.417. The third kappa shape index (κ3) is 7.70. The molecule has 0 aliphatic carbocycles. The van der Waals surface area contributed by atoms with Crippen LogP contribution in [0.1, 0.15) is 30.9 Å². The second kappa shape index (κ2) is 11.4. The van der Waals surface area contributed by atoms with Gasteiger partial charge in [0.25, 0.3) is 0 Å². The Hall–Kier alpha value is -2.60. The van der Waals surface area contributed by atoms with E-state index in [-0.39, 0.29) is 18.8 Å². The lowest BCUT2D eigenvalue weighted by Gasteiger charge is -2.27. The number of alkyl halides is 6. The minimum atomic E-state index is -4.93. The van der Waals surface area contributed by atoms with Crippen molar-refractivity contribution in [1.29, 1.82) is 0 Å². The Labute approximate surface area is 219 Å². The zero-order valence-corrected chi connectivity index (χ0v) is 21.4. The number of nitrogens with zero attached hydrogens (tertiary/aromatic N) is 2. The number of benzene rings is 2. The lowest BCUT2D eigenvalue weighted by Crippen LogP contribution is -2.35. The molecule has 1 atom stereocenters. The molecule has 1 unspecified atom stereocenters. The molecule has 0 saturated heterocycles. The van der Waals surface area contributed by atoms with Gasteiger partial charge in [0.1, 0.15) is 6.54 Å². The summed E-state index contributed by atoms with van der Waals surface area (Å²) in [6.07, 6.45) is -6.14. The van der Waals surface area contributed by atoms with Gasteiger partial charge < -0.3 is 10.1 Å². The second-order valence-corrected chi connectivity index (χ2v) is 10.1. The zero-order chi connectivity index (χ0) is 27.4. The van der Waals surface area contributed by atoms with Crippen molar-refractivity contribution in [1.82, 2.24) is 5.01 Å². The Bertz CT molecular complexity index is 1160. The molecule has 0 saturated carbocycles. The summed E-state index contributed by atoms with van der Waals surface area (Å²) in [4.78, 5) is 12.7. The van der Waals surface area contributed by atoms with E-state index in [1.54, 1.807) is 11.8 Å². The maximum atomic E-state index is 13.2. The largest absolute Gasteiger partial charge is 0.573 e.